The zero-order chi connectivity index (χ0) is 26.5. The average molecular weight is 512 g/mol. The second-order valence-electron chi connectivity index (χ2n) is 9.81. The van der Waals surface area contributed by atoms with E-state index in [4.69, 9.17) is 4.74 Å². The number of fused-ring (bicyclic) bond motifs is 1. The van der Waals surface area contributed by atoms with Crippen LogP contribution in [0.1, 0.15) is 49.3 Å². The van der Waals surface area contributed by atoms with Gasteiger partial charge in [-0.25, -0.2) is 0 Å². The van der Waals surface area contributed by atoms with Crippen LogP contribution >= 0.6 is 0 Å². The van der Waals surface area contributed by atoms with Crippen LogP contribution in [0.4, 0.5) is 5.69 Å². The Labute approximate surface area is 222 Å². The molecule has 3 aromatic carbocycles. The Balaban J connectivity index is 1.58. The number of H-pyrrole nitrogens is 1. The summed E-state index contributed by atoms with van der Waals surface area (Å²) in [6.45, 7) is 0. The predicted molar refractivity (Wildman–Crippen MR) is 148 cm³/mol. The van der Waals surface area contributed by atoms with Crippen LogP contribution in [0.15, 0.2) is 79.0 Å². The van der Waals surface area contributed by atoms with Gasteiger partial charge in [-0.3, -0.25) is 14.5 Å². The van der Waals surface area contributed by atoms with Crippen LogP contribution in [-0.2, 0) is 16.0 Å². The van der Waals surface area contributed by atoms with Gasteiger partial charge in [0.25, 0.3) is 0 Å². The zero-order valence-corrected chi connectivity index (χ0v) is 21.5. The molecule has 2 amide bonds. The largest absolute Gasteiger partial charge is 0.508 e. The summed E-state index contributed by atoms with van der Waals surface area (Å²) in [4.78, 5) is 33.0. The highest BCUT2D eigenvalue weighted by molar-refractivity contribution is 6.04. The Morgan fingerprint density at radius 3 is 2.47 bits per heavy atom. The Hall–Kier alpha value is -4.26. The average Bonchev–Trinajstić information content (AvgIpc) is 3.35. The molecule has 0 aliphatic heterocycles. The van der Waals surface area contributed by atoms with Gasteiger partial charge in [-0.15, -0.1) is 0 Å². The minimum Gasteiger partial charge on any atom is -0.508 e. The summed E-state index contributed by atoms with van der Waals surface area (Å²) in [6.07, 6.45) is 7.10. The molecule has 1 atom stereocenters. The third-order valence-corrected chi connectivity index (χ3v) is 7.30. The fourth-order valence-electron chi connectivity index (χ4n) is 5.37. The van der Waals surface area contributed by atoms with Crippen LogP contribution in [0.2, 0.25) is 0 Å². The van der Waals surface area contributed by atoms with Crippen LogP contribution < -0.4 is 15.0 Å². The molecule has 7 heteroatoms. The molecule has 1 aliphatic rings. The summed E-state index contributed by atoms with van der Waals surface area (Å²) < 4.78 is 5.65. The number of para-hydroxylation sites is 3. The van der Waals surface area contributed by atoms with Gasteiger partial charge in [0, 0.05) is 23.1 Å². The molecule has 1 aromatic heterocycles. The third kappa shape index (κ3) is 5.37. The molecule has 5 rings (SSSR count). The van der Waals surface area contributed by atoms with Crippen molar-refractivity contribution in [3.63, 3.8) is 0 Å². The maximum atomic E-state index is 14.2. The van der Waals surface area contributed by atoms with Gasteiger partial charge >= 0.3 is 0 Å². The molecule has 0 spiro atoms. The van der Waals surface area contributed by atoms with Crippen molar-refractivity contribution in [2.24, 2.45) is 0 Å². The molecule has 1 aliphatic carbocycles. The number of nitrogens with zero attached hydrogens (tertiary/aromatic N) is 1. The molecule has 3 N–H and O–H groups in total. The van der Waals surface area contributed by atoms with E-state index in [2.05, 4.69) is 10.3 Å². The van der Waals surface area contributed by atoms with Gasteiger partial charge in [0.1, 0.15) is 17.5 Å². The van der Waals surface area contributed by atoms with Crippen molar-refractivity contribution in [1.29, 1.82) is 0 Å². The first-order valence-corrected chi connectivity index (χ1v) is 13.1. The SMILES string of the molecule is COc1ccccc1N(C(=O)Cc1c[nH]c2ccccc12)C(C(=O)NC1CCCCC1)c1ccc(O)cc1. The summed E-state index contributed by atoms with van der Waals surface area (Å²) >= 11 is 0. The lowest BCUT2D eigenvalue weighted by atomic mass is 9.94. The lowest BCUT2D eigenvalue weighted by Crippen LogP contribution is -2.47. The van der Waals surface area contributed by atoms with Crippen molar-refractivity contribution >= 4 is 28.4 Å². The first kappa shape index (κ1) is 25.4. The molecule has 0 bridgehead atoms. The van der Waals surface area contributed by atoms with Gasteiger partial charge in [0.05, 0.1) is 19.2 Å². The van der Waals surface area contributed by atoms with E-state index in [9.17, 15) is 14.7 Å². The second-order valence-corrected chi connectivity index (χ2v) is 9.81. The Bertz CT molecular complexity index is 1410. The van der Waals surface area contributed by atoms with Crippen molar-refractivity contribution in [3.05, 3.63) is 90.1 Å². The number of methoxy groups -OCH3 is 1. The maximum Gasteiger partial charge on any atom is 0.248 e. The molecule has 0 saturated heterocycles. The van der Waals surface area contributed by atoms with Crippen LogP contribution in [0, 0.1) is 0 Å². The molecule has 1 unspecified atom stereocenters. The first-order chi connectivity index (χ1) is 18.5. The first-order valence-electron chi connectivity index (χ1n) is 13.1. The molecule has 1 fully saturated rings. The molecular weight excluding hydrogens is 478 g/mol. The molecule has 1 heterocycles. The minimum absolute atomic E-state index is 0.0686. The normalized spacial score (nSPS) is 14.7. The zero-order valence-electron chi connectivity index (χ0n) is 21.5. The number of hydrogen-bond acceptors (Lipinski definition) is 4. The second kappa shape index (κ2) is 11.4. The number of nitrogens with one attached hydrogen (secondary N) is 2. The third-order valence-electron chi connectivity index (χ3n) is 7.30. The number of carbonyl (C=O) groups excluding carboxylic acids is 2. The van der Waals surface area contributed by atoms with Gasteiger partial charge in [-0.1, -0.05) is 61.7 Å². The van der Waals surface area contributed by atoms with Crippen LogP contribution in [0.5, 0.6) is 11.5 Å². The van der Waals surface area contributed by atoms with Crippen molar-refractivity contribution in [1.82, 2.24) is 10.3 Å². The molecule has 4 aromatic rings. The minimum atomic E-state index is -0.952. The van der Waals surface area contributed by atoms with Gasteiger partial charge in [-0.05, 0) is 54.3 Å². The number of aromatic amines is 1. The number of phenolic OH excluding ortho intramolecular Hbond substituents is 1. The Morgan fingerprint density at radius 1 is 1.00 bits per heavy atom. The molecule has 7 nitrogen and oxygen atoms in total. The Kier molecular flexibility index (Phi) is 7.63. The van der Waals surface area contributed by atoms with E-state index in [0.29, 0.717) is 17.0 Å². The fourth-order valence-corrected chi connectivity index (χ4v) is 5.37. The highest BCUT2D eigenvalue weighted by atomic mass is 16.5. The van der Waals surface area contributed by atoms with Gasteiger partial charge in [0.15, 0.2) is 0 Å². The monoisotopic (exact) mass is 511 g/mol. The van der Waals surface area contributed by atoms with Crippen molar-refractivity contribution in [2.75, 3.05) is 12.0 Å². The Morgan fingerprint density at radius 2 is 1.71 bits per heavy atom. The van der Waals surface area contributed by atoms with E-state index in [0.717, 1.165) is 42.1 Å². The van der Waals surface area contributed by atoms with E-state index in [1.54, 1.807) is 48.4 Å². The van der Waals surface area contributed by atoms with E-state index in [1.165, 1.54) is 6.42 Å². The number of anilines is 1. The summed E-state index contributed by atoms with van der Waals surface area (Å²) in [6, 6.07) is 20.7. The number of benzene rings is 3. The summed E-state index contributed by atoms with van der Waals surface area (Å²) in [5.74, 6) is 0.0973. The van der Waals surface area contributed by atoms with E-state index in [1.807, 2.05) is 42.6 Å². The number of hydrogen-bond donors (Lipinski definition) is 3. The standard InChI is InChI=1S/C31H33N3O4/c1-38-28-14-8-7-13-27(28)34(29(36)19-22-20-32-26-12-6-5-11-25(22)26)30(21-15-17-24(35)18-16-21)31(37)33-23-9-3-2-4-10-23/h5-8,11-18,20,23,30,32,35H,2-4,9-10,19H2,1H3,(H,33,37). The van der Waals surface area contributed by atoms with E-state index < -0.39 is 6.04 Å². The summed E-state index contributed by atoms with van der Waals surface area (Å²) in [5, 5.41) is 14.1. The van der Waals surface area contributed by atoms with Crippen molar-refractivity contribution in [3.8, 4) is 11.5 Å². The van der Waals surface area contributed by atoms with Crippen LogP contribution in [0.3, 0.4) is 0 Å². The molecular formula is C31H33N3O4. The lowest BCUT2D eigenvalue weighted by Gasteiger charge is -2.34. The van der Waals surface area contributed by atoms with E-state index in [-0.39, 0.29) is 30.0 Å². The van der Waals surface area contributed by atoms with Crippen molar-refractivity contribution < 1.29 is 19.4 Å². The number of carbonyl (C=O) groups is 2. The smallest absolute Gasteiger partial charge is 0.248 e. The van der Waals surface area contributed by atoms with Crippen LogP contribution in [-0.4, -0.2) is 35.1 Å². The highest BCUT2D eigenvalue weighted by Gasteiger charge is 2.35. The molecule has 196 valence electrons. The molecule has 0 radical (unpaired) electrons. The highest BCUT2D eigenvalue weighted by Crippen LogP contribution is 2.36. The number of rotatable bonds is 8. The lowest BCUT2D eigenvalue weighted by molar-refractivity contribution is -0.127. The topological polar surface area (TPSA) is 94.7 Å². The maximum absolute atomic E-state index is 14.2. The van der Waals surface area contributed by atoms with Gasteiger partial charge < -0.3 is 20.1 Å². The van der Waals surface area contributed by atoms with Crippen LogP contribution in [0.25, 0.3) is 10.9 Å². The fraction of sp³-hybridized carbons (Fsp3) is 0.290. The number of ether oxygens (including phenoxy) is 1. The predicted octanol–water partition coefficient (Wildman–Crippen LogP) is 5.65. The number of amides is 2. The van der Waals surface area contributed by atoms with Gasteiger partial charge in [0.2, 0.25) is 11.8 Å². The van der Waals surface area contributed by atoms with Gasteiger partial charge in [-0.2, -0.15) is 0 Å². The van der Waals surface area contributed by atoms with E-state index >= 15 is 0 Å². The quantitative estimate of drug-likeness (QED) is 0.285. The number of aromatic hydroxyl groups is 1. The number of phenols is 1. The number of aromatic nitrogens is 1. The summed E-state index contributed by atoms with van der Waals surface area (Å²) in [5.41, 5.74) is 2.91. The molecule has 1 saturated carbocycles. The van der Waals surface area contributed by atoms with Crippen molar-refractivity contribution in [2.45, 2.75) is 50.6 Å². The molecule has 38 heavy (non-hydrogen) atoms. The summed E-state index contributed by atoms with van der Waals surface area (Å²) in [7, 11) is 1.55.